The summed E-state index contributed by atoms with van der Waals surface area (Å²) in [4.78, 5) is 15.8. The molecular formula is C10H13N3O3. The van der Waals surface area contributed by atoms with Gasteiger partial charge in [0.25, 0.3) is 0 Å². The van der Waals surface area contributed by atoms with Crippen LogP contribution in [0, 0.1) is 10.1 Å². The highest BCUT2D eigenvalue weighted by molar-refractivity contribution is 5.67. The molecule has 6 nitrogen and oxygen atoms in total. The Labute approximate surface area is 93.0 Å². The summed E-state index contributed by atoms with van der Waals surface area (Å²) in [5, 5.41) is 10.8. The maximum atomic E-state index is 10.8. The van der Waals surface area contributed by atoms with Crippen molar-refractivity contribution in [2.75, 3.05) is 19.0 Å². The lowest BCUT2D eigenvalue weighted by atomic mass is 10.3. The van der Waals surface area contributed by atoms with Gasteiger partial charge in [0, 0.05) is 20.2 Å². The highest BCUT2D eigenvalue weighted by atomic mass is 16.6. The number of ether oxygens (including phenoxy) is 1. The third-order valence-electron chi connectivity index (χ3n) is 2.31. The van der Waals surface area contributed by atoms with Crippen LogP contribution < -0.4 is 9.64 Å². The standard InChI is InChI=1S/C10H13N3O3/c1-12(2)9-8(16-7-3-4-7)5-6-11-10(9)13(14)15/h5-7H,3-4H2,1-2H3. The van der Waals surface area contributed by atoms with E-state index in [1.165, 1.54) is 6.20 Å². The van der Waals surface area contributed by atoms with Crippen LogP contribution in [0.2, 0.25) is 0 Å². The monoisotopic (exact) mass is 223 g/mol. The van der Waals surface area contributed by atoms with Crippen LogP contribution in [0.3, 0.4) is 0 Å². The second kappa shape index (κ2) is 3.96. The zero-order chi connectivity index (χ0) is 11.7. The molecule has 0 aliphatic heterocycles. The maximum absolute atomic E-state index is 10.8. The molecule has 0 spiro atoms. The largest absolute Gasteiger partial charge is 0.488 e. The quantitative estimate of drug-likeness (QED) is 0.572. The number of rotatable bonds is 4. The van der Waals surface area contributed by atoms with Crippen molar-refractivity contribution < 1.29 is 9.66 Å². The molecule has 1 aromatic heterocycles. The zero-order valence-electron chi connectivity index (χ0n) is 9.21. The molecule has 2 rings (SSSR count). The normalized spacial score (nSPS) is 14.6. The lowest BCUT2D eigenvalue weighted by molar-refractivity contribution is -0.388. The Balaban J connectivity index is 2.41. The third kappa shape index (κ3) is 2.05. The van der Waals surface area contributed by atoms with Crippen molar-refractivity contribution in [3.8, 4) is 5.75 Å². The fourth-order valence-electron chi connectivity index (χ4n) is 1.44. The van der Waals surface area contributed by atoms with Crippen LogP contribution in [0.4, 0.5) is 11.5 Å². The van der Waals surface area contributed by atoms with E-state index in [9.17, 15) is 10.1 Å². The first-order valence-corrected chi connectivity index (χ1v) is 5.07. The smallest absolute Gasteiger partial charge is 0.391 e. The molecule has 6 heteroatoms. The first-order valence-electron chi connectivity index (χ1n) is 5.07. The third-order valence-corrected chi connectivity index (χ3v) is 2.31. The van der Waals surface area contributed by atoms with Crippen LogP contribution in [-0.2, 0) is 0 Å². The molecule has 0 aromatic carbocycles. The van der Waals surface area contributed by atoms with E-state index in [0.717, 1.165) is 12.8 Å². The minimum Gasteiger partial charge on any atom is -0.488 e. The van der Waals surface area contributed by atoms with Gasteiger partial charge in [-0.05, 0) is 22.7 Å². The lowest BCUT2D eigenvalue weighted by Gasteiger charge is -2.16. The van der Waals surface area contributed by atoms with Gasteiger partial charge in [0.15, 0.2) is 11.4 Å². The molecule has 1 aliphatic rings. The summed E-state index contributed by atoms with van der Waals surface area (Å²) in [6.07, 6.45) is 3.65. The summed E-state index contributed by atoms with van der Waals surface area (Å²) in [7, 11) is 3.48. The van der Waals surface area contributed by atoms with Gasteiger partial charge >= 0.3 is 5.82 Å². The highest BCUT2D eigenvalue weighted by Gasteiger charge is 2.28. The van der Waals surface area contributed by atoms with Gasteiger partial charge in [-0.3, -0.25) is 0 Å². The number of hydrogen-bond donors (Lipinski definition) is 0. The summed E-state index contributed by atoms with van der Waals surface area (Å²) in [6, 6.07) is 1.67. The molecule has 0 radical (unpaired) electrons. The summed E-state index contributed by atoms with van der Waals surface area (Å²) in [6.45, 7) is 0. The van der Waals surface area contributed by atoms with Crippen molar-refractivity contribution in [2.24, 2.45) is 0 Å². The van der Waals surface area contributed by atoms with Crippen molar-refractivity contribution in [1.82, 2.24) is 4.98 Å². The molecule has 0 unspecified atom stereocenters. The second-order valence-corrected chi connectivity index (χ2v) is 3.95. The predicted molar refractivity (Wildman–Crippen MR) is 58.9 cm³/mol. The van der Waals surface area contributed by atoms with Crippen molar-refractivity contribution >= 4 is 11.5 Å². The van der Waals surface area contributed by atoms with Crippen LogP contribution in [0.1, 0.15) is 12.8 Å². The lowest BCUT2D eigenvalue weighted by Crippen LogP contribution is -2.14. The first kappa shape index (κ1) is 10.7. The molecule has 1 aromatic rings. The van der Waals surface area contributed by atoms with E-state index in [0.29, 0.717) is 11.4 Å². The Morgan fingerprint density at radius 2 is 2.25 bits per heavy atom. The number of pyridine rings is 1. The molecule has 1 saturated carbocycles. The molecule has 86 valence electrons. The Bertz CT molecular complexity index is 416. The van der Waals surface area contributed by atoms with Crippen molar-refractivity contribution in [2.45, 2.75) is 18.9 Å². The molecular weight excluding hydrogens is 210 g/mol. The van der Waals surface area contributed by atoms with Crippen LogP contribution in [0.15, 0.2) is 12.3 Å². The number of nitrogens with zero attached hydrogens (tertiary/aromatic N) is 3. The van der Waals surface area contributed by atoms with Gasteiger partial charge in [0.2, 0.25) is 0 Å². The SMILES string of the molecule is CN(C)c1c(OC2CC2)ccnc1[N+](=O)[O-]. The number of nitro groups is 1. The average molecular weight is 223 g/mol. The summed E-state index contributed by atoms with van der Waals surface area (Å²) in [5.41, 5.74) is 0.430. The molecule has 0 bridgehead atoms. The molecule has 1 fully saturated rings. The predicted octanol–water partition coefficient (Wildman–Crippen LogP) is 1.60. The minimum absolute atomic E-state index is 0.164. The molecule has 0 N–H and O–H groups in total. The van der Waals surface area contributed by atoms with Crippen LogP contribution >= 0.6 is 0 Å². The van der Waals surface area contributed by atoms with E-state index in [1.807, 2.05) is 0 Å². The van der Waals surface area contributed by atoms with Gasteiger partial charge in [-0.2, -0.15) is 0 Å². The summed E-state index contributed by atoms with van der Waals surface area (Å²) < 4.78 is 5.62. The fourth-order valence-corrected chi connectivity index (χ4v) is 1.44. The van der Waals surface area contributed by atoms with Crippen molar-refractivity contribution in [3.05, 3.63) is 22.4 Å². The van der Waals surface area contributed by atoms with E-state index in [2.05, 4.69) is 4.98 Å². The van der Waals surface area contributed by atoms with E-state index >= 15 is 0 Å². The number of aromatic nitrogens is 1. The second-order valence-electron chi connectivity index (χ2n) is 3.95. The zero-order valence-corrected chi connectivity index (χ0v) is 9.21. The van der Waals surface area contributed by atoms with E-state index in [1.54, 1.807) is 25.1 Å². The average Bonchev–Trinajstić information content (AvgIpc) is 3.00. The van der Waals surface area contributed by atoms with Gasteiger partial charge in [-0.15, -0.1) is 0 Å². The van der Waals surface area contributed by atoms with E-state index in [-0.39, 0.29) is 11.9 Å². The van der Waals surface area contributed by atoms with E-state index in [4.69, 9.17) is 4.74 Å². The Morgan fingerprint density at radius 1 is 1.56 bits per heavy atom. The summed E-state index contributed by atoms with van der Waals surface area (Å²) in [5.74, 6) is 0.373. The van der Waals surface area contributed by atoms with E-state index < -0.39 is 4.92 Å². The van der Waals surface area contributed by atoms with Crippen molar-refractivity contribution in [3.63, 3.8) is 0 Å². The molecule has 0 amide bonds. The molecule has 1 heterocycles. The van der Waals surface area contributed by atoms with Gasteiger partial charge < -0.3 is 19.8 Å². The molecule has 16 heavy (non-hydrogen) atoms. The fraction of sp³-hybridized carbons (Fsp3) is 0.500. The van der Waals surface area contributed by atoms with Gasteiger partial charge in [-0.25, -0.2) is 0 Å². The summed E-state index contributed by atoms with van der Waals surface area (Å²) >= 11 is 0. The topological polar surface area (TPSA) is 68.5 Å². The highest BCUT2D eigenvalue weighted by Crippen LogP contribution is 2.37. The van der Waals surface area contributed by atoms with Gasteiger partial charge in [0.1, 0.15) is 6.20 Å². The van der Waals surface area contributed by atoms with Crippen LogP contribution in [-0.4, -0.2) is 30.1 Å². The van der Waals surface area contributed by atoms with Gasteiger partial charge in [0.05, 0.1) is 6.10 Å². The van der Waals surface area contributed by atoms with Gasteiger partial charge in [-0.1, -0.05) is 0 Å². The number of anilines is 1. The minimum atomic E-state index is -0.491. The van der Waals surface area contributed by atoms with Crippen molar-refractivity contribution in [1.29, 1.82) is 0 Å². The number of hydrogen-bond acceptors (Lipinski definition) is 5. The van der Waals surface area contributed by atoms with Crippen LogP contribution in [0.25, 0.3) is 0 Å². The molecule has 1 aliphatic carbocycles. The Morgan fingerprint density at radius 3 is 2.75 bits per heavy atom. The molecule has 0 saturated heterocycles. The Hall–Kier alpha value is -1.85. The first-order chi connectivity index (χ1) is 7.59. The maximum Gasteiger partial charge on any atom is 0.391 e. The van der Waals surface area contributed by atoms with Crippen LogP contribution in [0.5, 0.6) is 5.75 Å². The Kier molecular flexibility index (Phi) is 2.64. The molecule has 0 atom stereocenters.